The molecule has 0 fully saturated rings. The number of aryl methyl sites for hydroxylation is 1. The first-order chi connectivity index (χ1) is 11.5. The lowest BCUT2D eigenvalue weighted by Gasteiger charge is -2.31. The maximum atomic E-state index is 12.8. The minimum Gasteiger partial charge on any atom is -0.508 e. The van der Waals surface area contributed by atoms with Crippen LogP contribution < -0.4 is 10.6 Å². The van der Waals surface area contributed by atoms with Gasteiger partial charge in [0, 0.05) is 23.5 Å². The molecular weight excluding hydrogens is 392 g/mol. The Labute approximate surface area is 154 Å². The molecule has 1 amide bonds. The van der Waals surface area contributed by atoms with Crippen molar-refractivity contribution < 1.29 is 9.90 Å². The van der Waals surface area contributed by atoms with Crippen molar-refractivity contribution in [2.24, 2.45) is 5.73 Å². The second-order valence-corrected chi connectivity index (χ2v) is 7.17. The number of fused-ring (bicyclic) bond motifs is 1. The maximum Gasteiger partial charge on any atom is 0.228 e. The number of carbonyl (C=O) groups is 1. The van der Waals surface area contributed by atoms with Crippen LogP contribution in [0.4, 0.5) is 5.69 Å². The molecule has 0 saturated heterocycles. The lowest BCUT2D eigenvalue weighted by atomic mass is 9.99. The number of carbonyl (C=O) groups excluding carboxylic acids is 1. The Morgan fingerprint density at radius 2 is 2.17 bits per heavy atom. The summed E-state index contributed by atoms with van der Waals surface area (Å²) in [5.41, 5.74) is 8.92. The van der Waals surface area contributed by atoms with E-state index in [2.05, 4.69) is 15.9 Å². The van der Waals surface area contributed by atoms with E-state index in [1.807, 2.05) is 18.2 Å². The highest BCUT2D eigenvalue weighted by Crippen LogP contribution is 2.35. The normalized spacial score (nSPS) is 15.0. The molecule has 1 atom stereocenters. The Hall–Kier alpha value is -1.56. The fraction of sp³-hybridized carbons (Fsp3) is 0.278. The van der Waals surface area contributed by atoms with E-state index in [0.29, 0.717) is 16.0 Å². The number of hydrogen-bond acceptors (Lipinski definition) is 3. The van der Waals surface area contributed by atoms with E-state index in [1.165, 1.54) is 0 Å². The van der Waals surface area contributed by atoms with Crippen molar-refractivity contribution in [3.05, 3.63) is 57.0 Å². The van der Waals surface area contributed by atoms with Crippen molar-refractivity contribution in [2.45, 2.75) is 25.3 Å². The largest absolute Gasteiger partial charge is 0.508 e. The summed E-state index contributed by atoms with van der Waals surface area (Å²) < 4.78 is 0.694. The average Bonchev–Trinajstić information content (AvgIpc) is 2.54. The number of nitrogens with zero attached hydrogens (tertiary/aromatic N) is 1. The number of rotatable bonds is 3. The van der Waals surface area contributed by atoms with Crippen LogP contribution >= 0.6 is 27.5 Å². The first-order valence-electron chi connectivity index (χ1n) is 7.79. The standard InChI is InChI=1S/C18H18BrClN2O2/c19-14-9-12(23)6-7-13(14)16(21)10-17(24)22-8-2-4-11-3-1-5-15(20)18(11)22/h1,3,5-7,9,16,23H,2,4,8,10,21H2. The van der Waals surface area contributed by atoms with Crippen molar-refractivity contribution in [2.75, 3.05) is 11.4 Å². The van der Waals surface area contributed by atoms with E-state index >= 15 is 0 Å². The van der Waals surface area contributed by atoms with Gasteiger partial charge in [0.2, 0.25) is 5.91 Å². The Balaban J connectivity index is 1.81. The minimum absolute atomic E-state index is 0.0449. The van der Waals surface area contributed by atoms with Gasteiger partial charge in [-0.1, -0.05) is 45.7 Å². The highest BCUT2D eigenvalue weighted by atomic mass is 79.9. The van der Waals surface area contributed by atoms with Crippen LogP contribution in [0, 0.1) is 0 Å². The average molecular weight is 410 g/mol. The Morgan fingerprint density at radius 3 is 2.92 bits per heavy atom. The molecule has 0 radical (unpaired) electrons. The predicted octanol–water partition coefficient (Wildman–Crippen LogP) is 4.18. The number of hydrogen-bond donors (Lipinski definition) is 2. The first-order valence-corrected chi connectivity index (χ1v) is 8.96. The van der Waals surface area contributed by atoms with Gasteiger partial charge in [-0.2, -0.15) is 0 Å². The lowest BCUT2D eigenvalue weighted by molar-refractivity contribution is -0.119. The van der Waals surface area contributed by atoms with Crippen LogP contribution in [0.15, 0.2) is 40.9 Å². The molecule has 1 aliphatic heterocycles. The number of nitrogens with two attached hydrogens (primary N) is 1. The molecular formula is C18H18BrClN2O2. The lowest BCUT2D eigenvalue weighted by Crippen LogP contribution is -2.37. The third kappa shape index (κ3) is 3.43. The van der Waals surface area contributed by atoms with Gasteiger partial charge in [-0.15, -0.1) is 0 Å². The number of para-hydroxylation sites is 1. The Kier molecular flexibility index (Phi) is 5.13. The number of amides is 1. The number of benzene rings is 2. The first kappa shape index (κ1) is 17.3. The summed E-state index contributed by atoms with van der Waals surface area (Å²) in [6.07, 6.45) is 2.01. The number of anilines is 1. The van der Waals surface area contributed by atoms with Crippen LogP contribution in [-0.4, -0.2) is 17.6 Å². The minimum atomic E-state index is -0.458. The molecule has 3 N–H and O–H groups in total. The summed E-state index contributed by atoms with van der Waals surface area (Å²) in [6.45, 7) is 0.652. The highest BCUT2D eigenvalue weighted by Gasteiger charge is 2.26. The van der Waals surface area contributed by atoms with Gasteiger partial charge in [0.15, 0.2) is 0 Å². The topological polar surface area (TPSA) is 66.6 Å². The molecule has 0 aliphatic carbocycles. The summed E-state index contributed by atoms with van der Waals surface area (Å²) >= 11 is 9.70. The molecule has 0 spiro atoms. The maximum absolute atomic E-state index is 12.8. The highest BCUT2D eigenvalue weighted by molar-refractivity contribution is 9.10. The molecule has 0 aromatic heterocycles. The van der Waals surface area contributed by atoms with Crippen LogP contribution in [-0.2, 0) is 11.2 Å². The van der Waals surface area contributed by atoms with Gasteiger partial charge < -0.3 is 15.7 Å². The van der Waals surface area contributed by atoms with Crippen molar-refractivity contribution in [1.29, 1.82) is 0 Å². The van der Waals surface area contributed by atoms with Gasteiger partial charge in [0.25, 0.3) is 0 Å². The smallest absolute Gasteiger partial charge is 0.228 e. The molecule has 4 nitrogen and oxygen atoms in total. The number of halogens is 2. The van der Waals surface area contributed by atoms with Crippen molar-refractivity contribution in [1.82, 2.24) is 0 Å². The SMILES string of the molecule is NC(CC(=O)N1CCCc2cccc(Cl)c21)c1ccc(O)cc1Br. The van der Waals surface area contributed by atoms with Crippen LogP contribution in [0.3, 0.4) is 0 Å². The van der Waals surface area contributed by atoms with Gasteiger partial charge in [-0.3, -0.25) is 4.79 Å². The zero-order valence-corrected chi connectivity index (χ0v) is 15.3. The Morgan fingerprint density at radius 1 is 1.38 bits per heavy atom. The Bertz CT molecular complexity index is 782. The summed E-state index contributed by atoms with van der Waals surface area (Å²) in [4.78, 5) is 14.5. The van der Waals surface area contributed by atoms with Gasteiger partial charge >= 0.3 is 0 Å². The van der Waals surface area contributed by atoms with E-state index in [4.69, 9.17) is 17.3 Å². The van der Waals surface area contributed by atoms with Gasteiger partial charge in [-0.05, 0) is 42.2 Å². The second-order valence-electron chi connectivity index (χ2n) is 5.91. The van der Waals surface area contributed by atoms with Crippen molar-refractivity contribution in [3.63, 3.8) is 0 Å². The monoisotopic (exact) mass is 408 g/mol. The molecule has 2 aromatic rings. The molecule has 0 saturated carbocycles. The van der Waals surface area contributed by atoms with E-state index in [-0.39, 0.29) is 18.1 Å². The summed E-state index contributed by atoms with van der Waals surface area (Å²) in [7, 11) is 0. The molecule has 126 valence electrons. The number of aromatic hydroxyl groups is 1. The van der Waals surface area contributed by atoms with Crippen LogP contribution in [0.25, 0.3) is 0 Å². The molecule has 1 aliphatic rings. The zero-order valence-electron chi connectivity index (χ0n) is 13.0. The fourth-order valence-corrected chi connectivity index (χ4v) is 4.03. The van der Waals surface area contributed by atoms with Gasteiger partial charge in [0.1, 0.15) is 5.75 Å². The predicted molar refractivity (Wildman–Crippen MR) is 99.5 cm³/mol. The van der Waals surface area contributed by atoms with Crippen LogP contribution in [0.2, 0.25) is 5.02 Å². The zero-order chi connectivity index (χ0) is 17.3. The molecule has 6 heteroatoms. The summed E-state index contributed by atoms with van der Waals surface area (Å²) in [6, 6.07) is 10.1. The summed E-state index contributed by atoms with van der Waals surface area (Å²) in [5.74, 6) is 0.109. The molecule has 0 bridgehead atoms. The molecule has 1 unspecified atom stereocenters. The molecule has 1 heterocycles. The third-order valence-electron chi connectivity index (χ3n) is 4.25. The molecule has 3 rings (SSSR count). The molecule has 24 heavy (non-hydrogen) atoms. The second kappa shape index (κ2) is 7.13. The van der Waals surface area contributed by atoms with E-state index in [1.54, 1.807) is 23.1 Å². The summed E-state index contributed by atoms with van der Waals surface area (Å²) in [5, 5.41) is 10.1. The van der Waals surface area contributed by atoms with Gasteiger partial charge in [-0.25, -0.2) is 0 Å². The number of phenolic OH excluding ortho intramolecular Hbond substituents is 1. The quantitative estimate of drug-likeness (QED) is 0.799. The fourth-order valence-electron chi connectivity index (χ4n) is 3.08. The van der Waals surface area contributed by atoms with Gasteiger partial charge in [0.05, 0.1) is 10.7 Å². The van der Waals surface area contributed by atoms with E-state index in [0.717, 1.165) is 29.7 Å². The van der Waals surface area contributed by atoms with Crippen LogP contribution in [0.5, 0.6) is 5.75 Å². The van der Waals surface area contributed by atoms with Crippen molar-refractivity contribution in [3.8, 4) is 5.75 Å². The molecule has 2 aromatic carbocycles. The van der Waals surface area contributed by atoms with E-state index < -0.39 is 6.04 Å². The van der Waals surface area contributed by atoms with E-state index in [9.17, 15) is 9.90 Å². The van der Waals surface area contributed by atoms with Crippen LogP contribution in [0.1, 0.15) is 30.0 Å². The third-order valence-corrected chi connectivity index (χ3v) is 5.24. The van der Waals surface area contributed by atoms with Crippen molar-refractivity contribution >= 4 is 39.1 Å². The number of phenols is 1.